The Morgan fingerprint density at radius 2 is 1.74 bits per heavy atom. The fourth-order valence-electron chi connectivity index (χ4n) is 3.58. The van der Waals surface area contributed by atoms with Gasteiger partial charge in [-0.1, -0.05) is 30.3 Å². The van der Waals surface area contributed by atoms with Crippen LogP contribution in [0.15, 0.2) is 54.6 Å². The number of nitrogens with two attached hydrogens (primary N) is 1. The molecule has 7 heteroatoms. The third-order valence-corrected chi connectivity index (χ3v) is 5.04. The SMILES string of the molecule is Cc1[nH]c(-c2ccccc2NCc2ccc(N(C(=O)O)C(C)(C)C)cc2)cc1C(N)=O. The second-order valence-electron chi connectivity index (χ2n) is 8.44. The molecule has 31 heavy (non-hydrogen) atoms. The molecule has 2 amide bonds. The Kier molecular flexibility index (Phi) is 6.06. The molecule has 0 atom stereocenters. The zero-order valence-electron chi connectivity index (χ0n) is 18.2. The largest absolute Gasteiger partial charge is 0.465 e. The van der Waals surface area contributed by atoms with Crippen molar-refractivity contribution in [2.45, 2.75) is 39.8 Å². The number of hydrogen-bond donors (Lipinski definition) is 4. The van der Waals surface area contributed by atoms with Crippen molar-refractivity contribution in [3.8, 4) is 11.3 Å². The third-order valence-electron chi connectivity index (χ3n) is 5.04. The molecule has 7 nitrogen and oxygen atoms in total. The van der Waals surface area contributed by atoms with Crippen LogP contribution >= 0.6 is 0 Å². The van der Waals surface area contributed by atoms with Crippen LogP contribution in [0.5, 0.6) is 0 Å². The highest BCUT2D eigenvalue weighted by Gasteiger charge is 2.27. The lowest BCUT2D eigenvalue weighted by Crippen LogP contribution is -2.45. The maximum atomic E-state index is 11.7. The highest BCUT2D eigenvalue weighted by molar-refractivity contribution is 5.96. The Balaban J connectivity index is 1.79. The summed E-state index contributed by atoms with van der Waals surface area (Å²) in [7, 11) is 0. The maximum absolute atomic E-state index is 11.7. The quantitative estimate of drug-likeness (QED) is 0.450. The summed E-state index contributed by atoms with van der Waals surface area (Å²) in [4.78, 5) is 27.8. The number of aryl methyl sites for hydroxylation is 1. The van der Waals surface area contributed by atoms with Crippen LogP contribution in [0.2, 0.25) is 0 Å². The van der Waals surface area contributed by atoms with Gasteiger partial charge in [-0.05, 0) is 57.5 Å². The number of primary amides is 1. The summed E-state index contributed by atoms with van der Waals surface area (Å²) in [6.07, 6.45) is -0.983. The fraction of sp³-hybridized carbons (Fsp3) is 0.250. The zero-order chi connectivity index (χ0) is 22.8. The van der Waals surface area contributed by atoms with E-state index in [2.05, 4.69) is 10.3 Å². The van der Waals surface area contributed by atoms with Gasteiger partial charge in [0, 0.05) is 40.4 Å². The van der Waals surface area contributed by atoms with Crippen molar-refractivity contribution in [1.82, 2.24) is 4.98 Å². The summed E-state index contributed by atoms with van der Waals surface area (Å²) in [5.41, 5.74) is 10.4. The molecule has 2 aromatic carbocycles. The van der Waals surface area contributed by atoms with E-state index < -0.39 is 17.5 Å². The maximum Gasteiger partial charge on any atom is 0.412 e. The summed E-state index contributed by atoms with van der Waals surface area (Å²) in [5, 5.41) is 13.0. The molecule has 1 heterocycles. The molecule has 5 N–H and O–H groups in total. The number of nitrogens with zero attached hydrogens (tertiary/aromatic N) is 1. The number of amides is 2. The van der Waals surface area contributed by atoms with Gasteiger partial charge in [0.1, 0.15) is 0 Å². The van der Waals surface area contributed by atoms with Gasteiger partial charge in [0.05, 0.1) is 5.56 Å². The predicted molar refractivity (Wildman–Crippen MR) is 124 cm³/mol. The van der Waals surface area contributed by atoms with Crippen LogP contribution in [0.1, 0.15) is 42.4 Å². The van der Waals surface area contributed by atoms with Gasteiger partial charge in [0.2, 0.25) is 0 Å². The lowest BCUT2D eigenvalue weighted by molar-refractivity contribution is 0.1000. The molecule has 0 radical (unpaired) electrons. The molecule has 3 rings (SSSR count). The molecule has 0 saturated heterocycles. The number of H-pyrrole nitrogens is 1. The van der Waals surface area contributed by atoms with Crippen LogP contribution in [0.3, 0.4) is 0 Å². The number of aromatic amines is 1. The standard InChI is InChI=1S/C24H28N4O3/c1-15-19(22(25)29)13-21(27-15)18-7-5-6-8-20(18)26-14-16-9-11-17(12-10-16)28(23(30)31)24(2,3)4/h5-13,26-27H,14H2,1-4H3,(H2,25,29)(H,30,31). The highest BCUT2D eigenvalue weighted by Crippen LogP contribution is 2.30. The van der Waals surface area contributed by atoms with Crippen molar-refractivity contribution >= 4 is 23.4 Å². The van der Waals surface area contributed by atoms with E-state index in [0.717, 1.165) is 28.2 Å². The molecule has 0 fully saturated rings. The Hall–Kier alpha value is -3.74. The minimum Gasteiger partial charge on any atom is -0.465 e. The van der Waals surface area contributed by atoms with Crippen LogP contribution in [-0.4, -0.2) is 27.6 Å². The normalized spacial score (nSPS) is 11.2. The van der Waals surface area contributed by atoms with E-state index in [-0.39, 0.29) is 0 Å². The third kappa shape index (κ3) is 4.88. The Bertz CT molecular complexity index is 1090. The number of hydrogen-bond acceptors (Lipinski definition) is 3. The van der Waals surface area contributed by atoms with E-state index in [1.165, 1.54) is 4.90 Å². The van der Waals surface area contributed by atoms with E-state index in [1.54, 1.807) is 6.07 Å². The minimum atomic E-state index is -0.983. The predicted octanol–water partition coefficient (Wildman–Crippen LogP) is 4.98. The number of para-hydroxylation sites is 1. The molecule has 162 valence electrons. The molecular formula is C24H28N4O3. The van der Waals surface area contributed by atoms with Crippen molar-refractivity contribution in [1.29, 1.82) is 0 Å². The average molecular weight is 421 g/mol. The smallest absolute Gasteiger partial charge is 0.412 e. The molecule has 3 aromatic rings. The Morgan fingerprint density at radius 3 is 2.29 bits per heavy atom. The van der Waals surface area contributed by atoms with E-state index in [0.29, 0.717) is 17.8 Å². The van der Waals surface area contributed by atoms with Crippen LogP contribution in [0, 0.1) is 6.92 Å². The second kappa shape index (κ2) is 8.55. The van der Waals surface area contributed by atoms with Crippen LogP contribution in [-0.2, 0) is 6.54 Å². The van der Waals surface area contributed by atoms with Crippen molar-refractivity contribution < 1.29 is 14.7 Å². The van der Waals surface area contributed by atoms with Gasteiger partial charge in [0.15, 0.2) is 0 Å². The Labute approximate surface area is 181 Å². The van der Waals surface area contributed by atoms with Gasteiger partial charge in [-0.25, -0.2) is 4.79 Å². The summed E-state index contributed by atoms with van der Waals surface area (Å²) < 4.78 is 0. The first kappa shape index (κ1) is 22.0. The second-order valence-corrected chi connectivity index (χ2v) is 8.44. The molecule has 0 unspecified atom stereocenters. The first-order chi connectivity index (χ1) is 14.6. The van der Waals surface area contributed by atoms with Gasteiger partial charge < -0.3 is 21.1 Å². The monoisotopic (exact) mass is 420 g/mol. The first-order valence-corrected chi connectivity index (χ1v) is 10.0. The van der Waals surface area contributed by atoms with Gasteiger partial charge in [-0.15, -0.1) is 0 Å². The number of aromatic nitrogens is 1. The molecular weight excluding hydrogens is 392 g/mol. The number of nitrogens with one attached hydrogen (secondary N) is 2. The number of carboxylic acid groups (broad SMARTS) is 1. The van der Waals surface area contributed by atoms with E-state index in [9.17, 15) is 14.7 Å². The fourth-order valence-corrected chi connectivity index (χ4v) is 3.58. The summed E-state index contributed by atoms with van der Waals surface area (Å²) in [5.74, 6) is -0.462. The summed E-state index contributed by atoms with van der Waals surface area (Å²) >= 11 is 0. The van der Waals surface area contributed by atoms with Crippen molar-refractivity contribution in [3.63, 3.8) is 0 Å². The summed E-state index contributed by atoms with van der Waals surface area (Å²) in [6, 6.07) is 17.0. The van der Waals surface area contributed by atoms with Crippen LogP contribution in [0.4, 0.5) is 16.2 Å². The Morgan fingerprint density at radius 1 is 1.10 bits per heavy atom. The van der Waals surface area contributed by atoms with Crippen molar-refractivity contribution in [3.05, 3.63) is 71.4 Å². The van der Waals surface area contributed by atoms with Gasteiger partial charge in [0.25, 0.3) is 5.91 Å². The number of carbonyl (C=O) groups is 2. The van der Waals surface area contributed by atoms with Crippen molar-refractivity contribution in [2.24, 2.45) is 5.73 Å². The van der Waals surface area contributed by atoms with Crippen LogP contribution < -0.4 is 16.0 Å². The van der Waals surface area contributed by atoms with E-state index in [4.69, 9.17) is 5.73 Å². The molecule has 0 bridgehead atoms. The van der Waals surface area contributed by atoms with Gasteiger partial charge >= 0.3 is 6.09 Å². The minimum absolute atomic E-state index is 0.462. The molecule has 0 spiro atoms. The average Bonchev–Trinajstić information content (AvgIpc) is 3.08. The number of anilines is 2. The number of rotatable bonds is 6. The molecule has 0 aliphatic rings. The van der Waals surface area contributed by atoms with E-state index >= 15 is 0 Å². The first-order valence-electron chi connectivity index (χ1n) is 10.0. The molecule has 0 saturated carbocycles. The van der Waals surface area contributed by atoms with Gasteiger partial charge in [-0.2, -0.15) is 0 Å². The lowest BCUT2D eigenvalue weighted by Gasteiger charge is -2.33. The molecule has 0 aliphatic carbocycles. The van der Waals surface area contributed by atoms with Crippen LogP contribution in [0.25, 0.3) is 11.3 Å². The lowest BCUT2D eigenvalue weighted by atomic mass is 10.0. The number of carbonyl (C=O) groups excluding carboxylic acids is 1. The van der Waals surface area contributed by atoms with E-state index in [1.807, 2.05) is 76.2 Å². The highest BCUT2D eigenvalue weighted by atomic mass is 16.4. The van der Waals surface area contributed by atoms with Crippen molar-refractivity contribution in [2.75, 3.05) is 10.2 Å². The molecule has 1 aromatic heterocycles. The summed E-state index contributed by atoms with van der Waals surface area (Å²) in [6.45, 7) is 7.96. The van der Waals surface area contributed by atoms with Gasteiger partial charge in [-0.3, -0.25) is 9.69 Å². The topological polar surface area (TPSA) is 111 Å². The molecule has 0 aliphatic heterocycles. The number of benzene rings is 2. The zero-order valence-corrected chi connectivity index (χ0v) is 18.2.